The Hall–Kier alpha value is -4.78. The number of nitrogens with zero attached hydrogens (tertiary/aromatic N) is 7. The summed E-state index contributed by atoms with van der Waals surface area (Å²) in [5, 5.41) is 35.1. The average Bonchev–Trinajstić information content (AvgIpc) is 3.59. The average molecular weight is 592 g/mol. The number of aromatic nitrogens is 5. The van der Waals surface area contributed by atoms with Crippen LogP contribution in [0.15, 0.2) is 36.7 Å². The van der Waals surface area contributed by atoms with E-state index in [0.29, 0.717) is 45.6 Å². The standard InChI is InChI=1S/C30H29F4N9/c1-17-21(5-6-24(31)39-17)27(23-14-43(42-41-23)16-29(7-8-29)30(32,33)34)40-20-9-18(11-35)25-22(10-20)26(19(12-36)13-37-25)38-15-28(2,3)4/h5-6,9-10,13-14,27,40H,7-8,15-16H2,1-4H3,(H,37,38). The number of anilines is 2. The predicted molar refractivity (Wildman–Crippen MR) is 151 cm³/mol. The van der Waals surface area contributed by atoms with E-state index >= 15 is 0 Å². The number of nitriles is 2. The van der Waals surface area contributed by atoms with Crippen molar-refractivity contribution >= 4 is 22.3 Å². The van der Waals surface area contributed by atoms with Crippen molar-refractivity contribution < 1.29 is 17.6 Å². The first-order valence-corrected chi connectivity index (χ1v) is 13.6. The van der Waals surface area contributed by atoms with Crippen LogP contribution in [0, 0.1) is 46.4 Å². The monoisotopic (exact) mass is 591 g/mol. The van der Waals surface area contributed by atoms with Gasteiger partial charge in [-0.1, -0.05) is 32.1 Å². The van der Waals surface area contributed by atoms with E-state index < -0.39 is 23.6 Å². The molecule has 1 saturated carbocycles. The van der Waals surface area contributed by atoms with Crippen molar-refractivity contribution in [1.29, 1.82) is 10.5 Å². The molecule has 3 heterocycles. The minimum Gasteiger partial charge on any atom is -0.383 e. The Kier molecular flexibility index (Phi) is 7.46. The van der Waals surface area contributed by atoms with Crippen LogP contribution >= 0.6 is 0 Å². The van der Waals surface area contributed by atoms with Gasteiger partial charge in [0.1, 0.15) is 17.8 Å². The lowest BCUT2D eigenvalue weighted by Gasteiger charge is -2.23. The third-order valence-electron chi connectivity index (χ3n) is 7.49. The second kappa shape index (κ2) is 10.8. The molecule has 222 valence electrons. The lowest BCUT2D eigenvalue weighted by Crippen LogP contribution is -2.29. The van der Waals surface area contributed by atoms with Crippen molar-refractivity contribution in [2.24, 2.45) is 10.8 Å². The van der Waals surface area contributed by atoms with Gasteiger partial charge in [0, 0.05) is 35.1 Å². The summed E-state index contributed by atoms with van der Waals surface area (Å²) in [6, 6.07) is 9.52. The fraction of sp³-hybridized carbons (Fsp3) is 0.400. The van der Waals surface area contributed by atoms with E-state index in [9.17, 15) is 28.1 Å². The molecular formula is C30H29F4N9. The van der Waals surface area contributed by atoms with E-state index in [1.54, 1.807) is 19.1 Å². The van der Waals surface area contributed by atoms with Crippen LogP contribution in [0.1, 0.15) is 67.7 Å². The minimum atomic E-state index is -4.36. The number of nitrogens with one attached hydrogen (secondary N) is 2. The molecule has 3 aromatic heterocycles. The van der Waals surface area contributed by atoms with E-state index in [2.05, 4.69) is 43.1 Å². The summed E-state index contributed by atoms with van der Waals surface area (Å²) in [7, 11) is 0. The van der Waals surface area contributed by atoms with Crippen LogP contribution in [0.2, 0.25) is 0 Å². The highest BCUT2D eigenvalue weighted by atomic mass is 19.4. The summed E-state index contributed by atoms with van der Waals surface area (Å²) in [4.78, 5) is 8.29. The molecule has 5 rings (SSSR count). The lowest BCUT2D eigenvalue weighted by molar-refractivity contribution is -0.191. The van der Waals surface area contributed by atoms with E-state index in [1.807, 2.05) is 20.8 Å². The summed E-state index contributed by atoms with van der Waals surface area (Å²) >= 11 is 0. The van der Waals surface area contributed by atoms with Crippen molar-refractivity contribution in [3.8, 4) is 12.1 Å². The molecular weight excluding hydrogens is 562 g/mol. The number of pyridine rings is 2. The molecule has 0 bridgehead atoms. The molecule has 43 heavy (non-hydrogen) atoms. The van der Waals surface area contributed by atoms with Crippen molar-refractivity contribution in [3.63, 3.8) is 0 Å². The molecule has 1 aliphatic carbocycles. The van der Waals surface area contributed by atoms with Gasteiger partial charge in [0.05, 0.1) is 46.5 Å². The molecule has 1 fully saturated rings. The Labute approximate surface area is 245 Å². The Bertz CT molecular complexity index is 1770. The van der Waals surface area contributed by atoms with Crippen LogP contribution in [0.25, 0.3) is 10.9 Å². The van der Waals surface area contributed by atoms with E-state index in [1.165, 1.54) is 29.2 Å². The van der Waals surface area contributed by atoms with Gasteiger partial charge in [0.25, 0.3) is 0 Å². The second-order valence-corrected chi connectivity index (χ2v) is 12.1. The molecule has 4 aromatic rings. The molecule has 9 nitrogen and oxygen atoms in total. The van der Waals surface area contributed by atoms with Crippen molar-refractivity contribution in [1.82, 2.24) is 25.0 Å². The fourth-order valence-electron chi connectivity index (χ4n) is 4.94. The van der Waals surface area contributed by atoms with E-state index in [-0.39, 0.29) is 36.1 Å². The maximum atomic E-state index is 13.9. The number of halogens is 4. The Morgan fingerprint density at radius 1 is 1.09 bits per heavy atom. The smallest absolute Gasteiger partial charge is 0.383 e. The van der Waals surface area contributed by atoms with Gasteiger partial charge in [-0.25, -0.2) is 4.98 Å². The number of fused-ring (bicyclic) bond motifs is 1. The third kappa shape index (κ3) is 6.07. The van der Waals surface area contributed by atoms with Crippen molar-refractivity contribution in [3.05, 3.63) is 70.7 Å². The van der Waals surface area contributed by atoms with Gasteiger partial charge >= 0.3 is 6.18 Å². The highest BCUT2D eigenvalue weighted by molar-refractivity contribution is 5.99. The third-order valence-corrected chi connectivity index (χ3v) is 7.49. The second-order valence-electron chi connectivity index (χ2n) is 12.1. The fourth-order valence-corrected chi connectivity index (χ4v) is 4.94. The Morgan fingerprint density at radius 3 is 2.42 bits per heavy atom. The molecule has 0 aliphatic heterocycles. The first kappa shape index (κ1) is 29.7. The van der Waals surface area contributed by atoms with Crippen LogP contribution in [-0.2, 0) is 6.54 Å². The van der Waals surface area contributed by atoms with Gasteiger partial charge in [0.2, 0.25) is 5.95 Å². The maximum Gasteiger partial charge on any atom is 0.396 e. The van der Waals surface area contributed by atoms with Gasteiger partial charge in [0.15, 0.2) is 0 Å². The molecule has 1 aliphatic rings. The van der Waals surface area contributed by atoms with Crippen LogP contribution in [0.5, 0.6) is 0 Å². The lowest BCUT2D eigenvalue weighted by atomic mass is 9.96. The molecule has 0 radical (unpaired) electrons. The highest BCUT2D eigenvalue weighted by Gasteiger charge is 2.63. The first-order valence-electron chi connectivity index (χ1n) is 13.6. The van der Waals surface area contributed by atoms with Crippen LogP contribution in [0.4, 0.5) is 28.9 Å². The number of hydrogen-bond donors (Lipinski definition) is 2. The number of rotatable bonds is 8. The molecule has 1 atom stereocenters. The highest BCUT2D eigenvalue weighted by Crippen LogP contribution is 2.58. The van der Waals surface area contributed by atoms with Gasteiger partial charge in [-0.2, -0.15) is 28.1 Å². The summed E-state index contributed by atoms with van der Waals surface area (Å²) < 4.78 is 56.0. The van der Waals surface area contributed by atoms with Gasteiger partial charge < -0.3 is 10.6 Å². The zero-order valence-corrected chi connectivity index (χ0v) is 24.0. The zero-order valence-electron chi connectivity index (χ0n) is 24.0. The zero-order chi connectivity index (χ0) is 31.2. The van der Waals surface area contributed by atoms with Crippen LogP contribution < -0.4 is 10.6 Å². The van der Waals surface area contributed by atoms with E-state index in [4.69, 9.17) is 0 Å². The maximum absolute atomic E-state index is 13.9. The van der Waals surface area contributed by atoms with Crippen molar-refractivity contribution in [2.45, 2.75) is 59.3 Å². The summed E-state index contributed by atoms with van der Waals surface area (Å²) in [6.45, 7) is 7.90. The minimum absolute atomic E-state index is 0.0205. The topological polar surface area (TPSA) is 128 Å². The number of aryl methyl sites for hydroxylation is 1. The van der Waals surface area contributed by atoms with Crippen LogP contribution in [-0.4, -0.2) is 37.7 Å². The molecule has 1 unspecified atom stereocenters. The first-order chi connectivity index (χ1) is 20.2. The number of alkyl halides is 3. The van der Waals surface area contributed by atoms with Gasteiger partial charge in [-0.15, -0.1) is 5.10 Å². The Balaban J connectivity index is 1.59. The summed E-state index contributed by atoms with van der Waals surface area (Å²) in [5.41, 5.74) is 1.08. The van der Waals surface area contributed by atoms with Crippen molar-refractivity contribution in [2.75, 3.05) is 17.2 Å². The SMILES string of the molecule is Cc1nc(F)ccc1C(Nc1cc(C#N)c2ncc(C#N)c(NCC(C)(C)C)c2c1)c1cn(CC2(C(F)(F)F)CC2)nn1. The molecule has 2 N–H and O–H groups in total. The van der Waals surface area contributed by atoms with Crippen LogP contribution in [0.3, 0.4) is 0 Å². The molecule has 1 aromatic carbocycles. The summed E-state index contributed by atoms with van der Waals surface area (Å²) in [5.74, 6) is -0.688. The summed E-state index contributed by atoms with van der Waals surface area (Å²) in [6.07, 6.45) is -1.46. The number of hydrogen-bond acceptors (Lipinski definition) is 8. The Morgan fingerprint density at radius 2 is 1.81 bits per heavy atom. The predicted octanol–water partition coefficient (Wildman–Crippen LogP) is 6.41. The van der Waals surface area contributed by atoms with Gasteiger partial charge in [-0.05, 0) is 43.4 Å². The molecule has 13 heteroatoms. The molecule has 0 amide bonds. The van der Waals surface area contributed by atoms with Gasteiger partial charge in [-0.3, -0.25) is 9.67 Å². The number of benzene rings is 1. The van der Waals surface area contributed by atoms with E-state index in [0.717, 1.165) is 0 Å². The molecule has 0 spiro atoms. The molecule has 0 saturated heterocycles. The quantitative estimate of drug-likeness (QED) is 0.178. The largest absolute Gasteiger partial charge is 0.396 e. The normalized spacial score (nSPS) is 15.0.